The van der Waals surface area contributed by atoms with Crippen LogP contribution in [0.2, 0.25) is 0 Å². The van der Waals surface area contributed by atoms with Crippen molar-refractivity contribution < 1.29 is 25.0 Å². The number of nitro groups is 1. The van der Waals surface area contributed by atoms with Gasteiger partial charge in [0.1, 0.15) is 18.3 Å². The maximum atomic E-state index is 10.7. The van der Waals surface area contributed by atoms with Crippen LogP contribution in [0, 0.1) is 17.0 Å². The number of nitro benzene ring substituents is 1. The number of aliphatic hydroxyl groups excluding tert-OH is 3. The lowest BCUT2D eigenvalue weighted by Crippen LogP contribution is -2.58. The first-order valence-electron chi connectivity index (χ1n) is 6.52. The predicted molar refractivity (Wildman–Crippen MR) is 73.8 cm³/mol. The van der Waals surface area contributed by atoms with Crippen molar-refractivity contribution in [1.29, 1.82) is 0 Å². The third kappa shape index (κ3) is 3.13. The van der Waals surface area contributed by atoms with Crippen LogP contribution in [-0.4, -0.2) is 50.9 Å². The SMILES string of the molecule is Cc1cc([N+](=O)[O-])ccc1N[C@@H]1O[C@@H](C)[C@@H](O)[C@@H](O)[C@@H]1O. The number of nitrogens with zero attached hydrogens (tertiary/aromatic N) is 1. The monoisotopic (exact) mass is 298 g/mol. The Bertz CT molecular complexity index is 537. The van der Waals surface area contributed by atoms with Gasteiger partial charge in [-0.25, -0.2) is 0 Å². The normalized spacial score (nSPS) is 32.7. The first-order valence-corrected chi connectivity index (χ1v) is 6.52. The number of anilines is 1. The van der Waals surface area contributed by atoms with Crippen LogP contribution in [-0.2, 0) is 4.74 Å². The summed E-state index contributed by atoms with van der Waals surface area (Å²) < 4.78 is 5.41. The Labute approximate surface area is 121 Å². The zero-order valence-electron chi connectivity index (χ0n) is 11.6. The summed E-state index contributed by atoms with van der Waals surface area (Å²) in [5.74, 6) is 0. The molecule has 8 nitrogen and oxygen atoms in total. The molecule has 0 aliphatic carbocycles. The van der Waals surface area contributed by atoms with Crippen molar-refractivity contribution in [3.8, 4) is 0 Å². The van der Waals surface area contributed by atoms with E-state index in [-0.39, 0.29) is 5.69 Å². The van der Waals surface area contributed by atoms with Gasteiger partial charge in [-0.1, -0.05) is 0 Å². The topological polar surface area (TPSA) is 125 Å². The van der Waals surface area contributed by atoms with Crippen molar-refractivity contribution in [1.82, 2.24) is 0 Å². The average Bonchev–Trinajstić information content (AvgIpc) is 2.44. The second kappa shape index (κ2) is 5.94. The Hall–Kier alpha value is -1.74. The van der Waals surface area contributed by atoms with Crippen LogP contribution < -0.4 is 5.32 Å². The lowest BCUT2D eigenvalue weighted by atomic mass is 9.99. The number of ether oxygens (including phenoxy) is 1. The van der Waals surface area contributed by atoms with E-state index in [0.717, 1.165) is 0 Å². The smallest absolute Gasteiger partial charge is 0.269 e. The van der Waals surface area contributed by atoms with Crippen LogP contribution in [0.5, 0.6) is 0 Å². The fourth-order valence-corrected chi connectivity index (χ4v) is 2.25. The van der Waals surface area contributed by atoms with Crippen LogP contribution in [0.15, 0.2) is 18.2 Å². The third-order valence-corrected chi connectivity index (χ3v) is 3.57. The summed E-state index contributed by atoms with van der Waals surface area (Å²) >= 11 is 0. The van der Waals surface area contributed by atoms with Crippen molar-refractivity contribution >= 4 is 11.4 Å². The minimum Gasteiger partial charge on any atom is -0.388 e. The van der Waals surface area contributed by atoms with Gasteiger partial charge in [0.15, 0.2) is 6.23 Å². The second-order valence-corrected chi connectivity index (χ2v) is 5.13. The molecule has 1 saturated heterocycles. The van der Waals surface area contributed by atoms with Gasteiger partial charge in [0.25, 0.3) is 5.69 Å². The zero-order valence-corrected chi connectivity index (χ0v) is 11.6. The molecule has 2 rings (SSSR count). The van der Waals surface area contributed by atoms with Crippen LogP contribution in [0.1, 0.15) is 12.5 Å². The minimum absolute atomic E-state index is 0.0352. The summed E-state index contributed by atoms with van der Waals surface area (Å²) in [5.41, 5.74) is 1.11. The molecule has 0 radical (unpaired) electrons. The van der Waals surface area contributed by atoms with E-state index in [4.69, 9.17) is 4.74 Å². The van der Waals surface area contributed by atoms with Crippen LogP contribution in [0.25, 0.3) is 0 Å². The number of aryl methyl sites for hydroxylation is 1. The van der Waals surface area contributed by atoms with Crippen molar-refractivity contribution in [3.63, 3.8) is 0 Å². The standard InChI is InChI=1S/C13H18N2O6/c1-6-5-8(15(19)20)3-4-9(6)14-13-12(18)11(17)10(16)7(2)21-13/h3-5,7,10-14,16-18H,1-2H3/t7-,10+,11+,12-,13+/m0/s1. The average molecular weight is 298 g/mol. The third-order valence-electron chi connectivity index (χ3n) is 3.57. The first kappa shape index (κ1) is 15.6. The van der Waals surface area contributed by atoms with Gasteiger partial charge in [0.2, 0.25) is 0 Å². The summed E-state index contributed by atoms with van der Waals surface area (Å²) in [6.07, 6.45) is -5.38. The number of aliphatic hydroxyl groups is 3. The van der Waals surface area contributed by atoms with E-state index in [9.17, 15) is 25.4 Å². The van der Waals surface area contributed by atoms with Crippen molar-refractivity contribution in [2.24, 2.45) is 0 Å². The van der Waals surface area contributed by atoms with Gasteiger partial charge in [-0.3, -0.25) is 10.1 Å². The number of nitrogens with one attached hydrogen (secondary N) is 1. The summed E-state index contributed by atoms with van der Waals surface area (Å²) in [7, 11) is 0. The van der Waals surface area contributed by atoms with Gasteiger partial charge in [-0.2, -0.15) is 0 Å². The van der Waals surface area contributed by atoms with E-state index >= 15 is 0 Å². The lowest BCUT2D eigenvalue weighted by Gasteiger charge is -2.40. The number of hydrogen-bond donors (Lipinski definition) is 4. The molecule has 1 aliphatic rings. The Morgan fingerprint density at radius 1 is 1.24 bits per heavy atom. The molecular weight excluding hydrogens is 280 g/mol. The summed E-state index contributed by atoms with van der Waals surface area (Å²) in [6.45, 7) is 3.26. The van der Waals surface area contributed by atoms with Crippen LogP contribution in [0.3, 0.4) is 0 Å². The van der Waals surface area contributed by atoms with E-state index in [2.05, 4.69) is 5.32 Å². The van der Waals surface area contributed by atoms with Crippen molar-refractivity contribution in [2.75, 3.05) is 5.32 Å². The van der Waals surface area contributed by atoms with Crippen molar-refractivity contribution in [3.05, 3.63) is 33.9 Å². The highest BCUT2D eigenvalue weighted by Crippen LogP contribution is 2.26. The molecule has 1 fully saturated rings. The molecule has 0 saturated carbocycles. The molecule has 8 heteroatoms. The largest absolute Gasteiger partial charge is 0.388 e. The second-order valence-electron chi connectivity index (χ2n) is 5.13. The molecule has 21 heavy (non-hydrogen) atoms. The van der Waals surface area contributed by atoms with E-state index in [1.165, 1.54) is 18.2 Å². The minimum atomic E-state index is -1.33. The van der Waals surface area contributed by atoms with E-state index in [1.54, 1.807) is 13.8 Å². The van der Waals surface area contributed by atoms with Gasteiger partial charge >= 0.3 is 0 Å². The number of hydrogen-bond acceptors (Lipinski definition) is 7. The molecule has 0 aromatic heterocycles. The predicted octanol–water partition coefficient (Wildman–Crippen LogP) is 0.143. The Balaban J connectivity index is 2.16. The maximum absolute atomic E-state index is 10.7. The zero-order chi connectivity index (χ0) is 15.7. The molecule has 1 aromatic rings. The van der Waals surface area contributed by atoms with Crippen molar-refractivity contribution in [2.45, 2.75) is 44.5 Å². The molecule has 0 bridgehead atoms. The lowest BCUT2D eigenvalue weighted by molar-refractivity contribution is -0.384. The van der Waals surface area contributed by atoms with E-state index in [1.807, 2.05) is 0 Å². The van der Waals surface area contributed by atoms with Gasteiger partial charge in [0, 0.05) is 17.8 Å². The fraction of sp³-hybridized carbons (Fsp3) is 0.538. The highest BCUT2D eigenvalue weighted by atomic mass is 16.6. The highest BCUT2D eigenvalue weighted by Gasteiger charge is 2.41. The summed E-state index contributed by atoms with van der Waals surface area (Å²) in [6, 6.07) is 4.23. The number of benzene rings is 1. The molecule has 0 amide bonds. The van der Waals surface area contributed by atoms with Gasteiger partial charge < -0.3 is 25.4 Å². The van der Waals surface area contributed by atoms with Gasteiger partial charge in [-0.15, -0.1) is 0 Å². The highest BCUT2D eigenvalue weighted by molar-refractivity contribution is 5.55. The summed E-state index contributed by atoms with van der Waals surface area (Å²) in [5, 5.41) is 42.8. The van der Waals surface area contributed by atoms with E-state index < -0.39 is 35.6 Å². The molecule has 1 aliphatic heterocycles. The van der Waals surface area contributed by atoms with Crippen LogP contribution >= 0.6 is 0 Å². The Kier molecular flexibility index (Phi) is 4.43. The molecule has 4 N–H and O–H groups in total. The molecular formula is C13H18N2O6. The molecule has 1 aromatic carbocycles. The van der Waals surface area contributed by atoms with Gasteiger partial charge in [-0.05, 0) is 25.5 Å². The Morgan fingerprint density at radius 2 is 1.90 bits per heavy atom. The first-order chi connectivity index (χ1) is 9.81. The molecule has 1 heterocycles. The van der Waals surface area contributed by atoms with E-state index in [0.29, 0.717) is 11.3 Å². The molecule has 0 unspecified atom stereocenters. The van der Waals surface area contributed by atoms with Crippen LogP contribution in [0.4, 0.5) is 11.4 Å². The molecule has 116 valence electrons. The quantitative estimate of drug-likeness (QED) is 0.462. The maximum Gasteiger partial charge on any atom is 0.269 e. The van der Waals surface area contributed by atoms with Gasteiger partial charge in [0.05, 0.1) is 11.0 Å². The number of non-ortho nitro benzene ring substituents is 1. The summed E-state index contributed by atoms with van der Waals surface area (Å²) in [4.78, 5) is 10.2. The number of rotatable bonds is 3. The molecule has 0 spiro atoms. The Morgan fingerprint density at radius 3 is 2.48 bits per heavy atom. The fourth-order valence-electron chi connectivity index (χ4n) is 2.25. The molecule has 5 atom stereocenters.